The van der Waals surface area contributed by atoms with Crippen LogP contribution in [0.5, 0.6) is 0 Å². The molecule has 1 aliphatic heterocycles. The summed E-state index contributed by atoms with van der Waals surface area (Å²) < 4.78 is 0.637. The number of nitrogens with two attached hydrogens (primary N) is 2. The summed E-state index contributed by atoms with van der Waals surface area (Å²) >= 11 is 0. The molecule has 2 heterocycles. The van der Waals surface area contributed by atoms with Gasteiger partial charge in [-0.05, 0) is 48.4 Å². The molecule has 3 amide bonds. The number of quaternary nitrogens is 1. The highest BCUT2D eigenvalue weighted by molar-refractivity contribution is 5.94. The number of piperazine rings is 1. The molecule has 1 aromatic heterocycles. The van der Waals surface area contributed by atoms with Crippen LogP contribution in [-0.2, 0) is 6.54 Å². The fourth-order valence-corrected chi connectivity index (χ4v) is 5.30. The van der Waals surface area contributed by atoms with Gasteiger partial charge in [-0.2, -0.15) is 0 Å². The molecule has 0 spiro atoms. The van der Waals surface area contributed by atoms with Crippen LogP contribution >= 0.6 is 0 Å². The zero-order valence-electron chi connectivity index (χ0n) is 20.3. The van der Waals surface area contributed by atoms with Gasteiger partial charge in [0.2, 0.25) is 5.91 Å². The molecule has 7 nitrogen and oxygen atoms in total. The molecule has 0 aliphatic carbocycles. The van der Waals surface area contributed by atoms with Crippen LogP contribution in [0.3, 0.4) is 0 Å². The van der Waals surface area contributed by atoms with Crippen molar-refractivity contribution in [3.63, 3.8) is 0 Å². The van der Waals surface area contributed by atoms with E-state index < -0.39 is 5.91 Å². The van der Waals surface area contributed by atoms with Gasteiger partial charge in [0.15, 0.2) is 0 Å². The van der Waals surface area contributed by atoms with Gasteiger partial charge in [0.25, 0.3) is 0 Å². The number of aromatic nitrogens is 1. The van der Waals surface area contributed by atoms with Crippen molar-refractivity contribution in [2.24, 2.45) is 11.5 Å². The van der Waals surface area contributed by atoms with Gasteiger partial charge in [-0.3, -0.25) is 9.28 Å². The number of carbonyl (C=O) groups is 2. The third-order valence-electron chi connectivity index (χ3n) is 7.35. The summed E-state index contributed by atoms with van der Waals surface area (Å²) in [5.74, 6) is -0.449. The highest BCUT2D eigenvalue weighted by Gasteiger charge is 2.43. The van der Waals surface area contributed by atoms with Crippen LogP contribution in [-0.4, -0.2) is 47.5 Å². The van der Waals surface area contributed by atoms with Crippen LogP contribution in [0, 0.1) is 0 Å². The highest BCUT2D eigenvalue weighted by atomic mass is 16.2. The van der Waals surface area contributed by atoms with Gasteiger partial charge in [0, 0.05) is 17.0 Å². The molecule has 5 rings (SSSR count). The van der Waals surface area contributed by atoms with Crippen molar-refractivity contribution >= 4 is 28.5 Å². The molecule has 1 saturated heterocycles. The lowest BCUT2D eigenvalue weighted by atomic mass is 9.99. The van der Waals surface area contributed by atoms with Crippen LogP contribution in [0.4, 0.5) is 10.5 Å². The van der Waals surface area contributed by atoms with E-state index in [2.05, 4.69) is 37.3 Å². The van der Waals surface area contributed by atoms with E-state index in [0.29, 0.717) is 36.2 Å². The summed E-state index contributed by atoms with van der Waals surface area (Å²) in [6, 6.07) is 27.8. The minimum Gasteiger partial charge on any atom is -0.366 e. The number of urea groups is 1. The van der Waals surface area contributed by atoms with Crippen LogP contribution in [0.1, 0.15) is 23.0 Å². The normalized spacial score (nSPS) is 19.8. The first-order valence-electron chi connectivity index (χ1n) is 12.1. The zero-order valence-corrected chi connectivity index (χ0v) is 20.3. The van der Waals surface area contributed by atoms with Crippen molar-refractivity contribution in [1.82, 2.24) is 14.4 Å². The fourth-order valence-electron chi connectivity index (χ4n) is 5.30. The monoisotopic (exact) mass is 480 g/mol. The molecule has 0 saturated carbocycles. The van der Waals surface area contributed by atoms with Gasteiger partial charge in [-0.15, -0.1) is 0 Å². The fraction of sp³-hybridized carbons (Fsp3) is 0.207. The summed E-state index contributed by atoms with van der Waals surface area (Å²) in [5, 5.41) is 1.11. The summed E-state index contributed by atoms with van der Waals surface area (Å²) in [6.45, 7) is 4.68. The molecule has 2 atom stereocenters. The molecule has 0 bridgehead atoms. The topological polar surface area (TPSA) is 102 Å². The molecule has 4 N–H and O–H groups in total. The first-order chi connectivity index (χ1) is 17.4. The summed E-state index contributed by atoms with van der Waals surface area (Å²) in [5.41, 5.74) is 16.7. The molecular weight excluding hydrogens is 450 g/mol. The Labute approximate surface area is 210 Å². The molecule has 36 heavy (non-hydrogen) atoms. The Morgan fingerprint density at radius 2 is 1.69 bits per heavy atom. The molecule has 2 unspecified atom stereocenters. The van der Waals surface area contributed by atoms with Crippen molar-refractivity contribution in [3.05, 3.63) is 96.2 Å². The SMILES string of the molecule is CC1CN(C(N)=O)CC[N+]1(Cc1ccc2ccccc2n1)c1cccc(-c2cccc(C(N)=O)c2)c1. The third kappa shape index (κ3) is 4.41. The van der Waals surface area contributed by atoms with Crippen molar-refractivity contribution in [2.75, 3.05) is 19.6 Å². The number of carbonyl (C=O) groups excluding carboxylic acids is 2. The summed E-state index contributed by atoms with van der Waals surface area (Å²) in [6.07, 6.45) is 0. The highest BCUT2D eigenvalue weighted by Crippen LogP contribution is 2.35. The van der Waals surface area contributed by atoms with Crippen LogP contribution in [0.15, 0.2) is 84.9 Å². The molecule has 0 radical (unpaired) electrons. The lowest BCUT2D eigenvalue weighted by Crippen LogP contribution is -2.66. The Balaban J connectivity index is 1.58. The Morgan fingerprint density at radius 3 is 2.44 bits per heavy atom. The second-order valence-corrected chi connectivity index (χ2v) is 9.54. The number of para-hydroxylation sites is 1. The number of benzene rings is 3. The van der Waals surface area contributed by atoms with Gasteiger partial charge < -0.3 is 16.4 Å². The predicted molar refractivity (Wildman–Crippen MR) is 143 cm³/mol. The molecule has 7 heteroatoms. The lowest BCUT2D eigenvalue weighted by Gasteiger charge is -2.48. The standard InChI is InChI=1S/C29H29N5O2/c1-20-18-33(29(31)36)14-15-34(20,19-25-13-12-21-6-2-3-11-27(21)32-25)26-10-5-8-23(17-26)22-7-4-9-24(16-22)28(30)35/h2-13,16-17,20H,14-15,18-19H2,1H3,(H3-,30,31,35,36)/p+1. The first-order valence-corrected chi connectivity index (χ1v) is 12.1. The van der Waals surface area contributed by atoms with E-state index in [-0.39, 0.29) is 12.1 Å². The van der Waals surface area contributed by atoms with Gasteiger partial charge in [0.1, 0.15) is 24.8 Å². The minimum atomic E-state index is -0.449. The minimum absolute atomic E-state index is 0.0896. The Kier molecular flexibility index (Phi) is 6.16. The maximum atomic E-state index is 12.0. The number of amides is 3. The zero-order chi connectivity index (χ0) is 25.3. The van der Waals surface area contributed by atoms with E-state index in [4.69, 9.17) is 16.5 Å². The van der Waals surface area contributed by atoms with Crippen molar-refractivity contribution in [3.8, 4) is 11.1 Å². The quantitative estimate of drug-likeness (QED) is 0.417. The largest absolute Gasteiger partial charge is 0.366 e. The molecule has 1 fully saturated rings. The number of pyridine rings is 1. The lowest BCUT2D eigenvalue weighted by molar-refractivity contribution is 0.0982. The Hall–Kier alpha value is -4.23. The Bertz CT molecular complexity index is 1450. The van der Waals surface area contributed by atoms with E-state index in [1.165, 1.54) is 0 Å². The maximum Gasteiger partial charge on any atom is 0.315 e. The molecule has 1 aliphatic rings. The average Bonchev–Trinajstić information content (AvgIpc) is 2.90. The molecule has 182 valence electrons. The van der Waals surface area contributed by atoms with Crippen molar-refractivity contribution in [1.29, 1.82) is 0 Å². The van der Waals surface area contributed by atoms with Crippen molar-refractivity contribution in [2.45, 2.75) is 19.5 Å². The Morgan fingerprint density at radius 1 is 0.944 bits per heavy atom. The number of nitrogens with zero attached hydrogens (tertiary/aromatic N) is 3. The number of hydrogen-bond donors (Lipinski definition) is 2. The molecule has 4 aromatic rings. The molecule has 3 aromatic carbocycles. The maximum absolute atomic E-state index is 12.0. The number of primary amides is 2. The van der Waals surface area contributed by atoms with E-state index >= 15 is 0 Å². The van der Waals surface area contributed by atoms with Gasteiger partial charge in [-0.1, -0.05) is 48.5 Å². The number of hydrogen-bond acceptors (Lipinski definition) is 3. The third-order valence-corrected chi connectivity index (χ3v) is 7.35. The predicted octanol–water partition coefficient (Wildman–Crippen LogP) is 4.29. The van der Waals surface area contributed by atoms with E-state index in [0.717, 1.165) is 33.4 Å². The average molecular weight is 481 g/mol. The van der Waals surface area contributed by atoms with Crippen LogP contribution in [0.25, 0.3) is 22.0 Å². The van der Waals surface area contributed by atoms with Gasteiger partial charge in [-0.25, -0.2) is 9.78 Å². The van der Waals surface area contributed by atoms with Gasteiger partial charge in [0.05, 0.1) is 24.3 Å². The van der Waals surface area contributed by atoms with Crippen molar-refractivity contribution < 1.29 is 9.59 Å². The second-order valence-electron chi connectivity index (χ2n) is 9.54. The number of rotatable bonds is 5. The molecular formula is C29H30N5O2+. The van der Waals surface area contributed by atoms with Crippen LogP contribution in [0.2, 0.25) is 0 Å². The summed E-state index contributed by atoms with van der Waals surface area (Å²) in [4.78, 5) is 30.4. The van der Waals surface area contributed by atoms with Crippen LogP contribution < -0.4 is 16.0 Å². The van der Waals surface area contributed by atoms with Gasteiger partial charge >= 0.3 is 6.03 Å². The first kappa shape index (κ1) is 23.5. The summed E-state index contributed by atoms with van der Waals surface area (Å²) in [7, 11) is 0. The number of fused-ring (bicyclic) bond motifs is 1. The smallest absolute Gasteiger partial charge is 0.315 e. The van der Waals surface area contributed by atoms with E-state index in [1.807, 2.05) is 48.5 Å². The second kappa shape index (κ2) is 9.43. The van der Waals surface area contributed by atoms with E-state index in [9.17, 15) is 9.59 Å². The van der Waals surface area contributed by atoms with E-state index in [1.54, 1.807) is 11.0 Å².